The van der Waals surface area contributed by atoms with Crippen LogP contribution in [0.4, 0.5) is 0 Å². The van der Waals surface area contributed by atoms with Gasteiger partial charge in [0, 0.05) is 13.1 Å². The Balaban J connectivity index is 1.95. The monoisotopic (exact) mass is 277 g/mol. The molecular weight excluding hydrogens is 262 g/mol. The maximum absolute atomic E-state index is 12.5. The minimum atomic E-state index is -3.41. The SMILES string of the molecule is Cc1ncn2c1CN(S(=O)(=O)c1ccccc1)CC2. The predicted molar refractivity (Wildman–Crippen MR) is 71.0 cm³/mol. The van der Waals surface area contributed by atoms with Gasteiger partial charge in [0.15, 0.2) is 0 Å². The zero-order chi connectivity index (χ0) is 13.5. The van der Waals surface area contributed by atoms with Gasteiger partial charge < -0.3 is 4.57 Å². The van der Waals surface area contributed by atoms with Crippen molar-refractivity contribution in [2.24, 2.45) is 0 Å². The molecule has 0 aliphatic carbocycles. The van der Waals surface area contributed by atoms with Gasteiger partial charge in [-0.2, -0.15) is 4.31 Å². The summed E-state index contributed by atoms with van der Waals surface area (Å²) in [5, 5.41) is 0. The lowest BCUT2D eigenvalue weighted by Crippen LogP contribution is -2.38. The summed E-state index contributed by atoms with van der Waals surface area (Å²) in [4.78, 5) is 4.58. The molecule has 100 valence electrons. The quantitative estimate of drug-likeness (QED) is 0.833. The van der Waals surface area contributed by atoms with Crippen LogP contribution in [0.2, 0.25) is 0 Å². The largest absolute Gasteiger partial charge is 0.332 e. The highest BCUT2D eigenvalue weighted by molar-refractivity contribution is 7.89. The van der Waals surface area contributed by atoms with Gasteiger partial charge in [-0.3, -0.25) is 0 Å². The average molecular weight is 277 g/mol. The summed E-state index contributed by atoms with van der Waals surface area (Å²) in [5.74, 6) is 0. The van der Waals surface area contributed by atoms with Crippen molar-refractivity contribution >= 4 is 10.0 Å². The van der Waals surface area contributed by atoms with Gasteiger partial charge in [0.05, 0.1) is 29.2 Å². The third kappa shape index (κ3) is 2.06. The summed E-state index contributed by atoms with van der Waals surface area (Å²) in [6.07, 6.45) is 1.77. The molecule has 0 fully saturated rings. The van der Waals surface area contributed by atoms with E-state index in [1.54, 1.807) is 30.6 Å². The van der Waals surface area contributed by atoms with Crippen LogP contribution in [0.5, 0.6) is 0 Å². The summed E-state index contributed by atoms with van der Waals surface area (Å²) in [6, 6.07) is 8.56. The molecule has 19 heavy (non-hydrogen) atoms. The number of imidazole rings is 1. The van der Waals surface area contributed by atoms with E-state index in [9.17, 15) is 8.42 Å². The molecule has 1 aromatic heterocycles. The van der Waals surface area contributed by atoms with Crippen molar-refractivity contribution in [3.05, 3.63) is 48.0 Å². The number of hydrogen-bond donors (Lipinski definition) is 0. The maximum Gasteiger partial charge on any atom is 0.243 e. The normalized spacial score (nSPS) is 16.3. The van der Waals surface area contributed by atoms with Crippen LogP contribution in [-0.4, -0.2) is 28.8 Å². The van der Waals surface area contributed by atoms with Crippen LogP contribution in [-0.2, 0) is 23.1 Å². The summed E-state index contributed by atoms with van der Waals surface area (Å²) in [5.41, 5.74) is 1.87. The van der Waals surface area contributed by atoms with Crippen LogP contribution in [0.3, 0.4) is 0 Å². The van der Waals surface area contributed by atoms with Crippen molar-refractivity contribution in [3.8, 4) is 0 Å². The molecule has 1 aromatic carbocycles. The lowest BCUT2D eigenvalue weighted by atomic mass is 10.3. The highest BCUT2D eigenvalue weighted by atomic mass is 32.2. The molecule has 0 saturated heterocycles. The Morgan fingerprint density at radius 1 is 1.16 bits per heavy atom. The number of nitrogens with zero attached hydrogens (tertiary/aromatic N) is 3. The van der Waals surface area contributed by atoms with Crippen molar-refractivity contribution in [1.82, 2.24) is 13.9 Å². The number of hydrogen-bond acceptors (Lipinski definition) is 3. The summed E-state index contributed by atoms with van der Waals surface area (Å²) >= 11 is 0. The van der Waals surface area contributed by atoms with E-state index in [4.69, 9.17) is 0 Å². The number of rotatable bonds is 2. The Morgan fingerprint density at radius 3 is 2.63 bits per heavy atom. The van der Waals surface area contributed by atoms with E-state index in [2.05, 4.69) is 4.98 Å². The molecule has 0 spiro atoms. The van der Waals surface area contributed by atoms with Gasteiger partial charge in [-0.1, -0.05) is 18.2 Å². The topological polar surface area (TPSA) is 55.2 Å². The van der Waals surface area contributed by atoms with Crippen LogP contribution in [0, 0.1) is 6.92 Å². The Bertz CT molecular complexity index is 692. The number of sulfonamides is 1. The second-order valence-electron chi connectivity index (χ2n) is 4.62. The predicted octanol–water partition coefficient (Wildman–Crippen LogP) is 1.40. The fourth-order valence-corrected chi connectivity index (χ4v) is 3.73. The van der Waals surface area contributed by atoms with Gasteiger partial charge in [0.1, 0.15) is 0 Å². The molecule has 3 rings (SSSR count). The van der Waals surface area contributed by atoms with Crippen molar-refractivity contribution in [2.45, 2.75) is 24.9 Å². The molecule has 0 saturated carbocycles. The zero-order valence-electron chi connectivity index (χ0n) is 10.7. The lowest BCUT2D eigenvalue weighted by Gasteiger charge is -2.27. The molecule has 1 aliphatic rings. The Kier molecular flexibility index (Phi) is 2.91. The third-order valence-electron chi connectivity index (χ3n) is 3.45. The molecule has 2 heterocycles. The molecule has 0 unspecified atom stereocenters. The van der Waals surface area contributed by atoms with Crippen LogP contribution in [0.15, 0.2) is 41.6 Å². The summed E-state index contributed by atoms with van der Waals surface area (Å²) < 4.78 is 28.6. The first-order chi connectivity index (χ1) is 9.09. The minimum absolute atomic E-state index is 0.348. The van der Waals surface area contributed by atoms with E-state index in [1.807, 2.05) is 17.6 Å². The first-order valence-corrected chi connectivity index (χ1v) is 7.59. The molecule has 0 bridgehead atoms. The first kappa shape index (κ1) is 12.4. The zero-order valence-corrected chi connectivity index (χ0v) is 11.5. The van der Waals surface area contributed by atoms with Crippen molar-refractivity contribution in [3.63, 3.8) is 0 Å². The van der Waals surface area contributed by atoms with E-state index >= 15 is 0 Å². The average Bonchev–Trinajstić information content (AvgIpc) is 2.81. The molecule has 1 aliphatic heterocycles. The van der Waals surface area contributed by atoms with E-state index < -0.39 is 10.0 Å². The van der Waals surface area contributed by atoms with Crippen molar-refractivity contribution in [1.29, 1.82) is 0 Å². The number of aromatic nitrogens is 2. The molecule has 0 atom stereocenters. The second kappa shape index (κ2) is 4.47. The number of benzene rings is 1. The first-order valence-electron chi connectivity index (χ1n) is 6.15. The van der Waals surface area contributed by atoms with Crippen molar-refractivity contribution in [2.75, 3.05) is 6.54 Å². The Labute approximate surface area is 112 Å². The molecule has 6 heteroatoms. The standard InChI is InChI=1S/C13H15N3O2S/c1-11-13-9-16(8-7-15(13)10-14-11)19(17,18)12-5-3-2-4-6-12/h2-6,10H,7-9H2,1H3. The minimum Gasteiger partial charge on any atom is -0.332 e. The van der Waals surface area contributed by atoms with Gasteiger partial charge in [-0.05, 0) is 19.1 Å². The smallest absolute Gasteiger partial charge is 0.243 e. The van der Waals surface area contributed by atoms with Gasteiger partial charge in [-0.15, -0.1) is 0 Å². The molecule has 0 N–H and O–H groups in total. The van der Waals surface area contributed by atoms with Crippen molar-refractivity contribution < 1.29 is 8.42 Å². The van der Waals surface area contributed by atoms with E-state index in [-0.39, 0.29) is 0 Å². The maximum atomic E-state index is 12.5. The van der Waals surface area contributed by atoms with Gasteiger partial charge >= 0.3 is 0 Å². The van der Waals surface area contributed by atoms with Gasteiger partial charge in [0.25, 0.3) is 0 Å². The van der Waals surface area contributed by atoms with E-state index in [0.29, 0.717) is 24.5 Å². The summed E-state index contributed by atoms with van der Waals surface area (Å²) in [6.45, 7) is 3.44. The Morgan fingerprint density at radius 2 is 1.89 bits per heavy atom. The molecular formula is C13H15N3O2S. The van der Waals surface area contributed by atoms with E-state index in [1.165, 1.54) is 4.31 Å². The second-order valence-corrected chi connectivity index (χ2v) is 6.56. The fraction of sp³-hybridized carbons (Fsp3) is 0.308. The number of fused-ring (bicyclic) bond motifs is 1. The van der Waals surface area contributed by atoms with Crippen LogP contribution < -0.4 is 0 Å². The molecule has 2 aromatic rings. The fourth-order valence-electron chi connectivity index (χ4n) is 2.32. The van der Waals surface area contributed by atoms with E-state index in [0.717, 1.165) is 11.4 Å². The molecule has 5 nitrogen and oxygen atoms in total. The number of aryl methyl sites for hydroxylation is 1. The molecule has 0 amide bonds. The van der Waals surface area contributed by atoms with Crippen LogP contribution in [0.25, 0.3) is 0 Å². The highest BCUT2D eigenvalue weighted by Crippen LogP contribution is 2.22. The van der Waals surface area contributed by atoms with Crippen LogP contribution in [0.1, 0.15) is 11.4 Å². The highest BCUT2D eigenvalue weighted by Gasteiger charge is 2.29. The van der Waals surface area contributed by atoms with Crippen LogP contribution >= 0.6 is 0 Å². The summed E-state index contributed by atoms with van der Waals surface area (Å²) in [7, 11) is -3.41. The van der Waals surface area contributed by atoms with Gasteiger partial charge in [0.2, 0.25) is 10.0 Å². The lowest BCUT2D eigenvalue weighted by molar-refractivity contribution is 0.340. The molecule has 0 radical (unpaired) electrons. The third-order valence-corrected chi connectivity index (χ3v) is 5.31. The van der Waals surface area contributed by atoms with Gasteiger partial charge in [-0.25, -0.2) is 13.4 Å². The Hall–Kier alpha value is -1.66.